The summed E-state index contributed by atoms with van der Waals surface area (Å²) in [6, 6.07) is 14.2. The van der Waals surface area contributed by atoms with Gasteiger partial charge in [0.2, 0.25) is 10.0 Å². The molecule has 1 fully saturated rings. The average Bonchev–Trinajstić information content (AvgIpc) is 2.73. The summed E-state index contributed by atoms with van der Waals surface area (Å²) in [6.45, 7) is 1.68. The van der Waals surface area contributed by atoms with Gasteiger partial charge in [-0.05, 0) is 24.3 Å². The number of sulfonamides is 1. The normalized spacial score (nSPS) is 15.2. The van der Waals surface area contributed by atoms with Crippen molar-refractivity contribution in [2.75, 3.05) is 45.3 Å². The van der Waals surface area contributed by atoms with E-state index in [4.69, 9.17) is 9.47 Å². The smallest absolute Gasteiger partial charge is 0.246 e. The van der Waals surface area contributed by atoms with Crippen molar-refractivity contribution >= 4 is 15.7 Å². The first-order valence-corrected chi connectivity index (χ1v) is 9.91. The zero-order chi connectivity index (χ0) is 19.4. The molecule has 0 aromatic heterocycles. The highest BCUT2D eigenvalue weighted by molar-refractivity contribution is 7.89. The van der Waals surface area contributed by atoms with Crippen LogP contribution in [0, 0.1) is 11.3 Å². The molecule has 3 rings (SSSR count). The van der Waals surface area contributed by atoms with Gasteiger partial charge in [-0.2, -0.15) is 9.57 Å². The van der Waals surface area contributed by atoms with E-state index in [9.17, 15) is 13.7 Å². The van der Waals surface area contributed by atoms with Gasteiger partial charge < -0.3 is 14.4 Å². The number of ether oxygens (including phenoxy) is 2. The zero-order valence-electron chi connectivity index (χ0n) is 15.3. The van der Waals surface area contributed by atoms with Crippen LogP contribution in [0.3, 0.4) is 0 Å². The number of anilines is 1. The molecule has 0 unspecified atom stereocenters. The van der Waals surface area contributed by atoms with E-state index in [1.54, 1.807) is 18.2 Å². The zero-order valence-corrected chi connectivity index (χ0v) is 16.1. The number of piperazine rings is 1. The Morgan fingerprint density at radius 1 is 1.00 bits per heavy atom. The molecule has 7 nitrogen and oxygen atoms in total. The molecule has 2 aromatic rings. The molecular weight excluding hydrogens is 366 g/mol. The van der Waals surface area contributed by atoms with Gasteiger partial charge >= 0.3 is 0 Å². The van der Waals surface area contributed by atoms with Crippen LogP contribution in [-0.4, -0.2) is 53.1 Å². The maximum Gasteiger partial charge on any atom is 0.246 e. The Labute approximate surface area is 159 Å². The summed E-state index contributed by atoms with van der Waals surface area (Å²) < 4.78 is 38.0. The second kappa shape index (κ2) is 7.86. The van der Waals surface area contributed by atoms with Crippen LogP contribution in [0.1, 0.15) is 5.56 Å². The van der Waals surface area contributed by atoms with E-state index in [0.29, 0.717) is 37.5 Å². The fourth-order valence-corrected chi connectivity index (χ4v) is 4.70. The minimum Gasteiger partial charge on any atom is -0.497 e. The van der Waals surface area contributed by atoms with Gasteiger partial charge in [-0.3, -0.25) is 0 Å². The van der Waals surface area contributed by atoms with Crippen LogP contribution >= 0.6 is 0 Å². The molecule has 1 aliphatic rings. The Kier molecular flexibility index (Phi) is 5.54. The second-order valence-electron chi connectivity index (χ2n) is 6.04. The Morgan fingerprint density at radius 3 is 2.33 bits per heavy atom. The van der Waals surface area contributed by atoms with Gasteiger partial charge in [-0.25, -0.2) is 8.42 Å². The first-order chi connectivity index (χ1) is 13.0. The highest BCUT2D eigenvalue weighted by Crippen LogP contribution is 2.31. The van der Waals surface area contributed by atoms with Crippen molar-refractivity contribution in [2.24, 2.45) is 0 Å². The van der Waals surface area contributed by atoms with E-state index in [1.807, 2.05) is 23.1 Å². The predicted molar refractivity (Wildman–Crippen MR) is 102 cm³/mol. The van der Waals surface area contributed by atoms with Crippen molar-refractivity contribution in [3.8, 4) is 17.6 Å². The number of hydrogen-bond donors (Lipinski definition) is 0. The summed E-state index contributed by atoms with van der Waals surface area (Å²) >= 11 is 0. The number of rotatable bonds is 5. The van der Waals surface area contributed by atoms with Crippen LogP contribution in [0.2, 0.25) is 0 Å². The van der Waals surface area contributed by atoms with Gasteiger partial charge in [0.15, 0.2) is 0 Å². The van der Waals surface area contributed by atoms with Crippen LogP contribution < -0.4 is 14.4 Å². The van der Waals surface area contributed by atoms with Crippen molar-refractivity contribution in [3.63, 3.8) is 0 Å². The van der Waals surface area contributed by atoms with E-state index >= 15 is 0 Å². The molecule has 2 aromatic carbocycles. The lowest BCUT2D eigenvalue weighted by atomic mass is 10.1. The first-order valence-electron chi connectivity index (χ1n) is 8.47. The fourth-order valence-electron chi connectivity index (χ4n) is 3.14. The number of nitriles is 1. The molecule has 142 valence electrons. The molecule has 0 spiro atoms. The topological polar surface area (TPSA) is 82.9 Å². The van der Waals surface area contributed by atoms with E-state index in [-0.39, 0.29) is 10.6 Å². The molecular formula is C19H21N3O4S. The third-order valence-corrected chi connectivity index (χ3v) is 6.53. The summed E-state index contributed by atoms with van der Waals surface area (Å²) in [6.07, 6.45) is 0. The van der Waals surface area contributed by atoms with Crippen molar-refractivity contribution < 1.29 is 17.9 Å². The highest BCUT2D eigenvalue weighted by Gasteiger charge is 2.31. The van der Waals surface area contributed by atoms with Crippen LogP contribution in [-0.2, 0) is 10.0 Å². The maximum atomic E-state index is 13.1. The molecule has 0 atom stereocenters. The summed E-state index contributed by atoms with van der Waals surface area (Å²) in [5.41, 5.74) is 1.42. The Balaban J connectivity index is 1.80. The second-order valence-corrected chi connectivity index (χ2v) is 7.94. The van der Waals surface area contributed by atoms with Gasteiger partial charge in [-0.15, -0.1) is 0 Å². The standard InChI is InChI=1S/C19H21N3O4S/c1-25-16-7-8-19(18(13-16)26-2)27(23,24)22-11-9-21(10-12-22)17-6-4-3-5-15(17)14-20/h3-8,13H,9-12H2,1-2H3. The third kappa shape index (κ3) is 3.70. The number of nitrogens with zero attached hydrogens (tertiary/aromatic N) is 3. The SMILES string of the molecule is COc1ccc(S(=O)(=O)N2CCN(c3ccccc3C#N)CC2)c(OC)c1. The Morgan fingerprint density at radius 2 is 1.70 bits per heavy atom. The van der Waals surface area contributed by atoms with E-state index < -0.39 is 10.0 Å². The van der Waals surface area contributed by atoms with Gasteiger partial charge in [0.1, 0.15) is 22.5 Å². The van der Waals surface area contributed by atoms with E-state index in [0.717, 1.165) is 5.69 Å². The quantitative estimate of drug-likeness (QED) is 0.781. The minimum absolute atomic E-state index is 0.122. The van der Waals surface area contributed by atoms with Crippen LogP contribution in [0.5, 0.6) is 11.5 Å². The molecule has 1 aliphatic heterocycles. The summed E-state index contributed by atoms with van der Waals surface area (Å²) in [4.78, 5) is 2.16. The average molecular weight is 387 g/mol. The first kappa shape index (κ1) is 19.0. The summed E-state index contributed by atoms with van der Waals surface area (Å²) in [5, 5.41) is 9.27. The van der Waals surface area contributed by atoms with Crippen molar-refractivity contribution in [1.29, 1.82) is 5.26 Å². The summed E-state index contributed by atoms with van der Waals surface area (Å²) in [7, 11) is -0.740. The molecule has 0 radical (unpaired) electrons. The lowest BCUT2D eigenvalue weighted by Crippen LogP contribution is -2.48. The minimum atomic E-state index is -3.69. The number of methoxy groups -OCH3 is 2. The number of hydrogen-bond acceptors (Lipinski definition) is 6. The molecule has 1 heterocycles. The highest BCUT2D eigenvalue weighted by atomic mass is 32.2. The Hall–Kier alpha value is -2.76. The summed E-state index contributed by atoms with van der Waals surface area (Å²) in [5.74, 6) is 0.787. The molecule has 1 saturated heterocycles. The van der Waals surface area contributed by atoms with Gasteiger partial charge in [0, 0.05) is 32.2 Å². The van der Waals surface area contributed by atoms with Crippen molar-refractivity contribution in [2.45, 2.75) is 4.90 Å². The number of benzene rings is 2. The fraction of sp³-hybridized carbons (Fsp3) is 0.316. The monoisotopic (exact) mass is 387 g/mol. The van der Waals surface area contributed by atoms with Gasteiger partial charge in [0.05, 0.1) is 25.5 Å². The van der Waals surface area contributed by atoms with E-state index in [2.05, 4.69) is 6.07 Å². The Bertz CT molecular complexity index is 961. The van der Waals surface area contributed by atoms with Crippen molar-refractivity contribution in [3.05, 3.63) is 48.0 Å². The third-order valence-electron chi connectivity index (χ3n) is 4.59. The largest absolute Gasteiger partial charge is 0.497 e. The van der Waals surface area contributed by atoms with Crippen LogP contribution in [0.25, 0.3) is 0 Å². The predicted octanol–water partition coefficient (Wildman–Crippen LogP) is 2.09. The molecule has 0 amide bonds. The molecule has 0 saturated carbocycles. The number of para-hydroxylation sites is 1. The van der Waals surface area contributed by atoms with E-state index in [1.165, 1.54) is 24.6 Å². The van der Waals surface area contributed by atoms with Crippen molar-refractivity contribution in [1.82, 2.24) is 4.31 Å². The maximum absolute atomic E-state index is 13.1. The molecule has 8 heteroatoms. The molecule has 0 N–H and O–H groups in total. The van der Waals surface area contributed by atoms with Gasteiger partial charge in [0.25, 0.3) is 0 Å². The molecule has 27 heavy (non-hydrogen) atoms. The van der Waals surface area contributed by atoms with Crippen LogP contribution in [0.4, 0.5) is 5.69 Å². The lowest BCUT2D eigenvalue weighted by Gasteiger charge is -2.35. The lowest BCUT2D eigenvalue weighted by molar-refractivity contribution is 0.370. The van der Waals surface area contributed by atoms with Crippen LogP contribution in [0.15, 0.2) is 47.4 Å². The molecule has 0 aliphatic carbocycles. The molecule has 0 bridgehead atoms. The van der Waals surface area contributed by atoms with Gasteiger partial charge in [-0.1, -0.05) is 12.1 Å².